The highest BCUT2D eigenvalue weighted by Gasteiger charge is 2.34. The van der Waals surface area contributed by atoms with Crippen molar-refractivity contribution in [2.45, 2.75) is 17.9 Å². The second-order valence-electron chi connectivity index (χ2n) is 6.92. The number of cyclic esters (lactones) is 1. The van der Waals surface area contributed by atoms with E-state index in [9.17, 15) is 18.0 Å². The quantitative estimate of drug-likeness (QED) is 0.599. The van der Waals surface area contributed by atoms with Gasteiger partial charge in [-0.3, -0.25) is 4.79 Å². The molecule has 1 aliphatic heterocycles. The summed E-state index contributed by atoms with van der Waals surface area (Å²) < 4.78 is 38.6. The number of sulfonamides is 1. The van der Waals surface area contributed by atoms with Crippen molar-refractivity contribution in [1.82, 2.24) is 14.6 Å². The van der Waals surface area contributed by atoms with E-state index in [4.69, 9.17) is 9.15 Å². The Labute approximate surface area is 178 Å². The number of nitrogens with zero attached hydrogens (tertiary/aromatic N) is 2. The highest BCUT2D eigenvalue weighted by molar-refractivity contribution is 7.89. The van der Waals surface area contributed by atoms with Crippen LogP contribution in [-0.4, -0.2) is 43.5 Å². The topological polar surface area (TPSA) is 119 Å². The van der Waals surface area contributed by atoms with Crippen LogP contribution in [0.2, 0.25) is 0 Å². The fourth-order valence-electron chi connectivity index (χ4n) is 3.19. The lowest BCUT2D eigenvalue weighted by molar-refractivity contribution is -0.126. The molecule has 0 unspecified atom stereocenters. The summed E-state index contributed by atoms with van der Waals surface area (Å²) in [7, 11) is -3.96. The summed E-state index contributed by atoms with van der Waals surface area (Å²) in [6.45, 7) is 1.18. The summed E-state index contributed by atoms with van der Waals surface area (Å²) in [5, 5.41) is 0. The molecule has 1 N–H and O–H groups in total. The van der Waals surface area contributed by atoms with Gasteiger partial charge >= 0.3 is 6.09 Å². The zero-order valence-electron chi connectivity index (χ0n) is 16.5. The third-order valence-electron chi connectivity index (χ3n) is 4.78. The third-order valence-corrected chi connectivity index (χ3v) is 6.27. The molecule has 160 valence electrons. The summed E-state index contributed by atoms with van der Waals surface area (Å²) in [6.07, 6.45) is 0.701. The lowest BCUT2D eigenvalue weighted by Gasteiger charge is -2.22. The number of hydrogen-bond donors (Lipinski definition) is 1. The molecule has 0 saturated carbocycles. The van der Waals surface area contributed by atoms with E-state index < -0.39 is 28.1 Å². The van der Waals surface area contributed by atoms with Gasteiger partial charge in [0.15, 0.2) is 12.5 Å². The van der Waals surface area contributed by atoms with Crippen molar-refractivity contribution in [3.63, 3.8) is 0 Å². The van der Waals surface area contributed by atoms with Crippen molar-refractivity contribution >= 4 is 22.0 Å². The normalized spacial score (nSPS) is 15.2. The first-order valence-corrected chi connectivity index (χ1v) is 10.9. The highest BCUT2D eigenvalue weighted by atomic mass is 32.2. The van der Waals surface area contributed by atoms with Crippen molar-refractivity contribution < 1.29 is 27.2 Å². The number of amides is 2. The maximum absolute atomic E-state index is 13.0. The van der Waals surface area contributed by atoms with E-state index in [1.54, 1.807) is 49.4 Å². The number of rotatable bonds is 7. The van der Waals surface area contributed by atoms with Gasteiger partial charge in [-0.1, -0.05) is 42.5 Å². The number of carbonyl (C=O) groups excluding carboxylic acids is 2. The van der Waals surface area contributed by atoms with E-state index in [2.05, 4.69) is 9.71 Å². The Kier molecular flexibility index (Phi) is 5.57. The van der Waals surface area contributed by atoms with Gasteiger partial charge in [0.05, 0.1) is 17.5 Å². The molecule has 4 rings (SSSR count). The number of aryl methyl sites for hydroxylation is 1. The standard InChI is InChI=1S/C21H19N3O6S/c1-14-22-19(12-29-14)16-7-9-17(10-8-16)31(27,28)23-18(15-5-3-2-4-6-15)11-24-20(25)13-30-21(24)26/h2-10,12,18,23H,11,13H2,1H3/t18-/m0/s1. The Balaban J connectivity index is 1.59. The monoisotopic (exact) mass is 441 g/mol. The number of benzene rings is 2. The second kappa shape index (κ2) is 8.32. The minimum absolute atomic E-state index is 0.0349. The Morgan fingerprint density at radius 2 is 1.81 bits per heavy atom. The first-order valence-electron chi connectivity index (χ1n) is 9.40. The Bertz CT molecular complexity index is 1190. The second-order valence-corrected chi connectivity index (χ2v) is 8.63. The first-order chi connectivity index (χ1) is 14.8. The zero-order chi connectivity index (χ0) is 22.0. The van der Waals surface area contributed by atoms with Gasteiger partial charge in [-0.15, -0.1) is 0 Å². The van der Waals surface area contributed by atoms with Gasteiger partial charge in [-0.05, 0) is 17.7 Å². The smallest absolute Gasteiger partial charge is 0.417 e. The lowest BCUT2D eigenvalue weighted by Crippen LogP contribution is -2.40. The number of carbonyl (C=O) groups is 2. The Hall–Kier alpha value is -3.50. The van der Waals surface area contributed by atoms with Crippen molar-refractivity contribution in [1.29, 1.82) is 0 Å². The molecule has 10 heteroatoms. The molecule has 2 heterocycles. The Morgan fingerprint density at radius 1 is 1.10 bits per heavy atom. The summed E-state index contributed by atoms with van der Waals surface area (Å²) in [4.78, 5) is 29.0. The average molecular weight is 441 g/mol. The van der Waals surface area contributed by atoms with Crippen LogP contribution in [0, 0.1) is 6.92 Å². The van der Waals surface area contributed by atoms with E-state index in [0.29, 0.717) is 22.7 Å². The van der Waals surface area contributed by atoms with Crippen LogP contribution >= 0.6 is 0 Å². The molecular formula is C21H19N3O6S. The average Bonchev–Trinajstić information content (AvgIpc) is 3.34. The number of hydrogen-bond acceptors (Lipinski definition) is 7. The minimum atomic E-state index is -3.96. The van der Waals surface area contributed by atoms with Gasteiger partial charge in [0.25, 0.3) is 5.91 Å². The summed E-state index contributed by atoms with van der Waals surface area (Å²) in [6, 6.07) is 14.0. The molecular weight excluding hydrogens is 422 g/mol. The summed E-state index contributed by atoms with van der Waals surface area (Å²) in [5.41, 5.74) is 1.91. The van der Waals surface area contributed by atoms with Crippen LogP contribution in [0.3, 0.4) is 0 Å². The van der Waals surface area contributed by atoms with Crippen LogP contribution in [0.5, 0.6) is 0 Å². The highest BCUT2D eigenvalue weighted by Crippen LogP contribution is 2.23. The maximum Gasteiger partial charge on any atom is 0.417 e. The van der Waals surface area contributed by atoms with Crippen molar-refractivity contribution in [3.05, 3.63) is 72.3 Å². The number of oxazole rings is 1. The molecule has 9 nitrogen and oxygen atoms in total. The molecule has 2 amide bonds. The van der Waals surface area contributed by atoms with Gasteiger partial charge in [0, 0.05) is 12.5 Å². The molecule has 2 aromatic carbocycles. The number of nitrogens with one attached hydrogen (secondary N) is 1. The number of aromatic nitrogens is 1. The predicted molar refractivity (Wildman–Crippen MR) is 109 cm³/mol. The third kappa shape index (κ3) is 4.49. The SMILES string of the molecule is Cc1nc(-c2ccc(S(=O)(=O)N[C@@H](CN3C(=O)COC3=O)c3ccccc3)cc2)co1. The maximum atomic E-state index is 13.0. The summed E-state index contributed by atoms with van der Waals surface area (Å²) >= 11 is 0. The summed E-state index contributed by atoms with van der Waals surface area (Å²) in [5.74, 6) is -0.00792. The molecule has 1 aliphatic rings. The predicted octanol–water partition coefficient (Wildman–Crippen LogP) is 2.65. The van der Waals surface area contributed by atoms with Gasteiger partial charge in [0.2, 0.25) is 10.0 Å². The fourth-order valence-corrected chi connectivity index (χ4v) is 4.41. The van der Waals surface area contributed by atoms with Crippen molar-refractivity contribution in [2.24, 2.45) is 0 Å². The Morgan fingerprint density at radius 3 is 2.39 bits per heavy atom. The van der Waals surface area contributed by atoms with Gasteiger partial charge in [0.1, 0.15) is 12.0 Å². The first kappa shape index (κ1) is 20.8. The van der Waals surface area contributed by atoms with E-state index >= 15 is 0 Å². The fraction of sp³-hybridized carbons (Fsp3) is 0.190. The molecule has 1 atom stereocenters. The molecule has 31 heavy (non-hydrogen) atoms. The van der Waals surface area contributed by atoms with E-state index in [1.807, 2.05) is 0 Å². The lowest BCUT2D eigenvalue weighted by atomic mass is 10.1. The van der Waals surface area contributed by atoms with Crippen LogP contribution in [0.25, 0.3) is 11.3 Å². The van der Waals surface area contributed by atoms with E-state index in [-0.39, 0.29) is 18.0 Å². The van der Waals surface area contributed by atoms with Crippen molar-refractivity contribution in [3.8, 4) is 11.3 Å². The van der Waals surface area contributed by atoms with Gasteiger partial charge in [-0.2, -0.15) is 0 Å². The molecule has 0 aliphatic carbocycles. The van der Waals surface area contributed by atoms with Crippen molar-refractivity contribution in [2.75, 3.05) is 13.2 Å². The van der Waals surface area contributed by atoms with E-state index in [1.165, 1.54) is 18.4 Å². The molecule has 1 fully saturated rings. The zero-order valence-corrected chi connectivity index (χ0v) is 17.3. The van der Waals surface area contributed by atoms with Crippen LogP contribution in [0.4, 0.5) is 4.79 Å². The van der Waals surface area contributed by atoms with Gasteiger partial charge < -0.3 is 9.15 Å². The molecule has 0 bridgehead atoms. The molecule has 0 spiro atoms. The molecule has 0 radical (unpaired) electrons. The van der Waals surface area contributed by atoms with Crippen LogP contribution in [-0.2, 0) is 19.6 Å². The van der Waals surface area contributed by atoms with Crippen LogP contribution < -0.4 is 4.72 Å². The minimum Gasteiger partial charge on any atom is -0.449 e. The number of imide groups is 1. The number of ether oxygens (including phenoxy) is 1. The molecule has 1 aromatic heterocycles. The van der Waals surface area contributed by atoms with Crippen LogP contribution in [0.15, 0.2) is 70.2 Å². The van der Waals surface area contributed by atoms with Gasteiger partial charge in [-0.25, -0.2) is 27.8 Å². The van der Waals surface area contributed by atoms with E-state index in [0.717, 1.165) is 4.90 Å². The molecule has 1 saturated heterocycles. The molecule has 3 aromatic rings. The van der Waals surface area contributed by atoms with Crippen LogP contribution in [0.1, 0.15) is 17.5 Å². The largest absolute Gasteiger partial charge is 0.449 e.